The zero-order valence-corrected chi connectivity index (χ0v) is 18.2. The predicted molar refractivity (Wildman–Crippen MR) is 115 cm³/mol. The van der Waals surface area contributed by atoms with Gasteiger partial charge in [0.15, 0.2) is 0 Å². The van der Waals surface area contributed by atoms with Crippen LogP contribution in [0.5, 0.6) is 0 Å². The highest BCUT2D eigenvalue weighted by atomic mass is 16.5. The molecule has 8 nitrogen and oxygen atoms in total. The number of carbonyl (C=O) groups excluding carboxylic acids is 1. The van der Waals surface area contributed by atoms with Crippen molar-refractivity contribution in [2.45, 2.75) is 52.5 Å². The first-order chi connectivity index (χ1) is 14.3. The zero-order chi connectivity index (χ0) is 21.3. The second-order valence-corrected chi connectivity index (χ2v) is 9.71. The number of hydrogen-bond acceptors (Lipinski definition) is 7. The van der Waals surface area contributed by atoms with Gasteiger partial charge >= 0.3 is 0 Å². The Morgan fingerprint density at radius 3 is 2.70 bits per heavy atom. The van der Waals surface area contributed by atoms with E-state index in [1.54, 1.807) is 6.20 Å². The number of hydrogen-bond donors (Lipinski definition) is 1. The largest absolute Gasteiger partial charge is 0.369 e. The van der Waals surface area contributed by atoms with Gasteiger partial charge in [0.2, 0.25) is 17.6 Å². The molecule has 0 saturated carbocycles. The Bertz CT molecular complexity index is 882. The van der Waals surface area contributed by atoms with E-state index >= 15 is 0 Å². The van der Waals surface area contributed by atoms with Crippen LogP contribution in [0.2, 0.25) is 0 Å². The summed E-state index contributed by atoms with van der Waals surface area (Å²) in [6.07, 6.45) is 5.51. The van der Waals surface area contributed by atoms with Crippen LogP contribution in [-0.2, 0) is 4.79 Å². The van der Waals surface area contributed by atoms with Gasteiger partial charge in [-0.05, 0) is 49.8 Å². The molecular formula is C22H32N6O2. The SMILES string of the molecule is CC(C)(C)CN1CCC[C@H]1c1nc(-c2ccnc(N3CCC(C(N)=O)CC3)c2)no1. The van der Waals surface area contributed by atoms with Gasteiger partial charge in [0, 0.05) is 37.3 Å². The second kappa shape index (κ2) is 8.34. The lowest BCUT2D eigenvalue weighted by molar-refractivity contribution is -0.122. The van der Waals surface area contributed by atoms with Crippen molar-refractivity contribution in [3.63, 3.8) is 0 Å². The summed E-state index contributed by atoms with van der Waals surface area (Å²) < 4.78 is 5.69. The molecule has 0 spiro atoms. The van der Waals surface area contributed by atoms with Crippen LogP contribution in [-0.4, -0.2) is 52.1 Å². The molecule has 0 bridgehead atoms. The molecule has 2 aromatic heterocycles. The Hall–Kier alpha value is -2.48. The standard InChI is InChI=1S/C22H32N6O2/c1-22(2,3)14-28-10-4-5-17(28)21-25-20(26-30-21)16-6-9-24-18(13-16)27-11-7-15(8-12-27)19(23)29/h6,9,13,15,17H,4-5,7-8,10-12,14H2,1-3H3,(H2,23,29)/t17-/m0/s1. The highest BCUT2D eigenvalue weighted by Crippen LogP contribution is 2.34. The van der Waals surface area contributed by atoms with Gasteiger partial charge in [-0.2, -0.15) is 4.98 Å². The number of pyridine rings is 1. The third kappa shape index (κ3) is 4.64. The van der Waals surface area contributed by atoms with Crippen molar-refractivity contribution in [3.05, 3.63) is 24.2 Å². The average Bonchev–Trinajstić information content (AvgIpc) is 3.36. The summed E-state index contributed by atoms with van der Waals surface area (Å²) >= 11 is 0. The summed E-state index contributed by atoms with van der Waals surface area (Å²) in [5.74, 6) is 1.93. The van der Waals surface area contributed by atoms with Gasteiger partial charge in [-0.3, -0.25) is 9.69 Å². The summed E-state index contributed by atoms with van der Waals surface area (Å²) in [5.41, 5.74) is 6.57. The van der Waals surface area contributed by atoms with Crippen LogP contribution < -0.4 is 10.6 Å². The van der Waals surface area contributed by atoms with E-state index in [4.69, 9.17) is 15.2 Å². The summed E-state index contributed by atoms with van der Waals surface area (Å²) in [6.45, 7) is 10.4. The molecule has 4 rings (SSSR count). The van der Waals surface area contributed by atoms with Crippen molar-refractivity contribution < 1.29 is 9.32 Å². The molecule has 30 heavy (non-hydrogen) atoms. The number of nitrogens with zero attached hydrogens (tertiary/aromatic N) is 5. The fraction of sp³-hybridized carbons (Fsp3) is 0.636. The normalized spacial score (nSPS) is 21.3. The van der Waals surface area contributed by atoms with Crippen molar-refractivity contribution in [1.82, 2.24) is 20.0 Å². The third-order valence-electron chi connectivity index (χ3n) is 5.99. The number of piperidine rings is 1. The van der Waals surface area contributed by atoms with E-state index < -0.39 is 0 Å². The molecule has 4 heterocycles. The number of carbonyl (C=O) groups is 1. The van der Waals surface area contributed by atoms with E-state index in [0.29, 0.717) is 11.7 Å². The van der Waals surface area contributed by atoms with Crippen LogP contribution in [0.3, 0.4) is 0 Å². The minimum atomic E-state index is -0.205. The van der Waals surface area contributed by atoms with E-state index in [9.17, 15) is 4.79 Å². The highest BCUT2D eigenvalue weighted by molar-refractivity contribution is 5.77. The molecule has 162 valence electrons. The number of amides is 1. The van der Waals surface area contributed by atoms with Gasteiger partial charge in [0.25, 0.3) is 0 Å². The topological polar surface area (TPSA) is 101 Å². The van der Waals surface area contributed by atoms with E-state index in [2.05, 4.69) is 40.7 Å². The highest BCUT2D eigenvalue weighted by Gasteiger charge is 2.33. The average molecular weight is 413 g/mol. The maximum Gasteiger partial charge on any atom is 0.244 e. The van der Waals surface area contributed by atoms with Gasteiger partial charge in [0.1, 0.15) is 5.82 Å². The van der Waals surface area contributed by atoms with Crippen LogP contribution in [0, 0.1) is 11.3 Å². The molecule has 2 aliphatic heterocycles. The Kier molecular flexibility index (Phi) is 5.77. The smallest absolute Gasteiger partial charge is 0.244 e. The summed E-state index contributed by atoms with van der Waals surface area (Å²) in [4.78, 5) is 25.3. The Labute approximate surface area is 177 Å². The summed E-state index contributed by atoms with van der Waals surface area (Å²) in [6, 6.07) is 4.11. The molecule has 0 radical (unpaired) electrons. The minimum absolute atomic E-state index is 0.0355. The van der Waals surface area contributed by atoms with Crippen LogP contribution in [0.4, 0.5) is 5.82 Å². The summed E-state index contributed by atoms with van der Waals surface area (Å²) in [7, 11) is 0. The summed E-state index contributed by atoms with van der Waals surface area (Å²) in [5, 5.41) is 4.26. The van der Waals surface area contributed by atoms with Gasteiger partial charge in [-0.15, -0.1) is 0 Å². The number of likely N-dealkylation sites (tertiary alicyclic amines) is 1. The fourth-order valence-electron chi connectivity index (χ4n) is 4.52. The first kappa shape index (κ1) is 20.8. The van der Waals surface area contributed by atoms with Crippen molar-refractivity contribution in [2.75, 3.05) is 31.1 Å². The van der Waals surface area contributed by atoms with Crippen molar-refractivity contribution in [3.8, 4) is 11.4 Å². The molecular weight excluding hydrogens is 380 g/mol. The van der Waals surface area contributed by atoms with Crippen LogP contribution in [0.1, 0.15) is 58.4 Å². The molecule has 2 N–H and O–H groups in total. The maximum atomic E-state index is 11.4. The lowest BCUT2D eigenvalue weighted by Crippen LogP contribution is -2.38. The number of nitrogens with two attached hydrogens (primary N) is 1. The molecule has 0 aromatic carbocycles. The molecule has 2 aliphatic rings. The third-order valence-corrected chi connectivity index (χ3v) is 5.99. The van der Waals surface area contributed by atoms with E-state index in [-0.39, 0.29) is 23.3 Å². The Morgan fingerprint density at radius 1 is 1.23 bits per heavy atom. The molecule has 2 fully saturated rings. The van der Waals surface area contributed by atoms with Crippen LogP contribution in [0.25, 0.3) is 11.4 Å². The van der Waals surface area contributed by atoms with Gasteiger partial charge < -0.3 is 15.2 Å². The molecule has 1 amide bonds. The lowest BCUT2D eigenvalue weighted by atomic mass is 9.96. The van der Waals surface area contributed by atoms with Crippen molar-refractivity contribution >= 4 is 11.7 Å². The number of rotatable bonds is 5. The number of aromatic nitrogens is 3. The molecule has 2 aromatic rings. The van der Waals surface area contributed by atoms with Crippen LogP contribution in [0.15, 0.2) is 22.9 Å². The lowest BCUT2D eigenvalue weighted by Gasteiger charge is -2.31. The predicted octanol–water partition coefficient (Wildman–Crippen LogP) is 3.02. The molecule has 0 aliphatic carbocycles. The number of anilines is 1. The first-order valence-corrected chi connectivity index (χ1v) is 10.9. The van der Waals surface area contributed by atoms with Gasteiger partial charge in [0.05, 0.1) is 6.04 Å². The van der Waals surface area contributed by atoms with Crippen molar-refractivity contribution in [1.29, 1.82) is 0 Å². The van der Waals surface area contributed by atoms with Gasteiger partial charge in [-0.25, -0.2) is 4.98 Å². The first-order valence-electron chi connectivity index (χ1n) is 10.9. The molecule has 8 heteroatoms. The molecule has 1 atom stereocenters. The van der Waals surface area contributed by atoms with Gasteiger partial charge in [-0.1, -0.05) is 25.9 Å². The number of primary amides is 1. The zero-order valence-electron chi connectivity index (χ0n) is 18.2. The molecule has 0 unspecified atom stereocenters. The van der Waals surface area contributed by atoms with Crippen LogP contribution >= 0.6 is 0 Å². The van der Waals surface area contributed by atoms with E-state index in [1.807, 2.05) is 12.1 Å². The Balaban J connectivity index is 1.48. The minimum Gasteiger partial charge on any atom is -0.369 e. The van der Waals surface area contributed by atoms with Crippen molar-refractivity contribution in [2.24, 2.45) is 17.1 Å². The maximum absolute atomic E-state index is 11.4. The molecule has 2 saturated heterocycles. The second-order valence-electron chi connectivity index (χ2n) is 9.71. The van der Waals surface area contributed by atoms with E-state index in [1.165, 1.54) is 0 Å². The quantitative estimate of drug-likeness (QED) is 0.805. The van der Waals surface area contributed by atoms with E-state index in [0.717, 1.165) is 63.2 Å². The fourth-order valence-corrected chi connectivity index (χ4v) is 4.52. The Morgan fingerprint density at radius 2 is 2.00 bits per heavy atom. The monoisotopic (exact) mass is 412 g/mol.